The van der Waals surface area contributed by atoms with Crippen LogP contribution < -0.4 is 14.2 Å². The van der Waals surface area contributed by atoms with Crippen molar-refractivity contribution in [1.82, 2.24) is 4.72 Å². The van der Waals surface area contributed by atoms with E-state index >= 15 is 0 Å². The van der Waals surface area contributed by atoms with Crippen LogP contribution in [0.1, 0.15) is 18.5 Å². The molecule has 0 saturated carbocycles. The molecule has 0 aliphatic rings. The predicted molar refractivity (Wildman–Crippen MR) is 89.7 cm³/mol. The standard InChI is InChI=1S/C16H17ClFNO4S/c1-10(11-4-6-12(17)7-5-11)19-24(20,21)16-9-15(23-3)14(22-2)8-13(16)18/h4-10,19H,1-3H3. The lowest BCUT2D eigenvalue weighted by Crippen LogP contribution is -2.27. The first kappa shape index (κ1) is 18.5. The van der Waals surface area contributed by atoms with Gasteiger partial charge in [0.1, 0.15) is 10.7 Å². The zero-order valence-electron chi connectivity index (χ0n) is 13.3. The van der Waals surface area contributed by atoms with Crippen LogP contribution in [0, 0.1) is 5.82 Å². The largest absolute Gasteiger partial charge is 0.493 e. The van der Waals surface area contributed by atoms with Crippen molar-refractivity contribution in [2.24, 2.45) is 0 Å². The summed E-state index contributed by atoms with van der Waals surface area (Å²) >= 11 is 5.81. The average Bonchev–Trinajstić information content (AvgIpc) is 2.54. The van der Waals surface area contributed by atoms with Gasteiger partial charge in [0.05, 0.1) is 14.2 Å². The third kappa shape index (κ3) is 3.98. The number of methoxy groups -OCH3 is 2. The summed E-state index contributed by atoms with van der Waals surface area (Å²) in [6.07, 6.45) is 0. The summed E-state index contributed by atoms with van der Waals surface area (Å²) < 4.78 is 51.6. The maximum Gasteiger partial charge on any atom is 0.244 e. The van der Waals surface area contributed by atoms with E-state index in [1.807, 2.05) is 0 Å². The van der Waals surface area contributed by atoms with E-state index in [1.165, 1.54) is 14.2 Å². The van der Waals surface area contributed by atoms with Crippen molar-refractivity contribution in [3.05, 3.63) is 52.8 Å². The number of benzene rings is 2. The maximum atomic E-state index is 14.2. The minimum absolute atomic E-state index is 0.111. The van der Waals surface area contributed by atoms with Gasteiger partial charge >= 0.3 is 0 Å². The minimum atomic E-state index is -4.10. The molecule has 0 radical (unpaired) electrons. The Morgan fingerprint density at radius 2 is 1.62 bits per heavy atom. The normalized spacial score (nSPS) is 12.7. The Kier molecular flexibility index (Phi) is 5.69. The Morgan fingerprint density at radius 1 is 1.08 bits per heavy atom. The zero-order valence-corrected chi connectivity index (χ0v) is 14.9. The molecule has 1 unspecified atom stereocenters. The highest BCUT2D eigenvalue weighted by Gasteiger charge is 2.24. The van der Waals surface area contributed by atoms with Crippen molar-refractivity contribution in [3.8, 4) is 11.5 Å². The van der Waals surface area contributed by atoms with E-state index in [0.29, 0.717) is 10.6 Å². The molecule has 0 spiro atoms. The number of rotatable bonds is 6. The van der Waals surface area contributed by atoms with Crippen molar-refractivity contribution in [1.29, 1.82) is 0 Å². The second-order valence-electron chi connectivity index (χ2n) is 5.03. The van der Waals surface area contributed by atoms with Crippen LogP contribution in [0.25, 0.3) is 0 Å². The summed E-state index contributed by atoms with van der Waals surface area (Å²) in [6.45, 7) is 1.65. The number of sulfonamides is 1. The summed E-state index contributed by atoms with van der Waals surface area (Å²) in [4.78, 5) is -0.513. The lowest BCUT2D eigenvalue weighted by Gasteiger charge is -2.16. The molecular formula is C16H17ClFNO4S. The summed E-state index contributed by atoms with van der Waals surface area (Å²) in [5, 5.41) is 0.541. The number of nitrogens with one attached hydrogen (secondary N) is 1. The van der Waals surface area contributed by atoms with Gasteiger partial charge in [0.15, 0.2) is 11.5 Å². The summed E-state index contributed by atoms with van der Waals surface area (Å²) in [7, 11) is -1.42. The van der Waals surface area contributed by atoms with Crippen LogP contribution in [0.5, 0.6) is 11.5 Å². The number of ether oxygens (including phenoxy) is 2. The zero-order chi connectivity index (χ0) is 17.9. The molecule has 0 amide bonds. The highest BCUT2D eigenvalue weighted by Crippen LogP contribution is 2.32. The van der Waals surface area contributed by atoms with Crippen LogP contribution in [-0.4, -0.2) is 22.6 Å². The highest BCUT2D eigenvalue weighted by atomic mass is 35.5. The molecular weight excluding hydrogens is 357 g/mol. The van der Waals surface area contributed by atoms with Gasteiger partial charge in [-0.1, -0.05) is 23.7 Å². The van der Waals surface area contributed by atoms with Crippen LogP contribution in [0.15, 0.2) is 41.3 Å². The van der Waals surface area contributed by atoms with Gasteiger partial charge in [-0.2, -0.15) is 0 Å². The van der Waals surface area contributed by atoms with Crippen molar-refractivity contribution in [2.75, 3.05) is 14.2 Å². The Balaban J connectivity index is 2.35. The summed E-state index contributed by atoms with van der Waals surface area (Å²) in [5.41, 5.74) is 0.698. The van der Waals surface area contributed by atoms with Gasteiger partial charge in [-0.25, -0.2) is 17.5 Å². The lowest BCUT2D eigenvalue weighted by atomic mass is 10.1. The van der Waals surface area contributed by atoms with E-state index in [-0.39, 0.29) is 11.5 Å². The van der Waals surface area contributed by atoms with E-state index < -0.39 is 26.8 Å². The van der Waals surface area contributed by atoms with Crippen molar-refractivity contribution in [2.45, 2.75) is 17.9 Å². The fourth-order valence-corrected chi connectivity index (χ4v) is 3.59. The molecule has 0 aliphatic heterocycles. The topological polar surface area (TPSA) is 64.6 Å². The molecule has 0 aromatic heterocycles. The highest BCUT2D eigenvalue weighted by molar-refractivity contribution is 7.89. The van der Waals surface area contributed by atoms with Crippen molar-refractivity contribution in [3.63, 3.8) is 0 Å². The first-order chi connectivity index (χ1) is 11.3. The Labute approximate surface area is 145 Å². The van der Waals surface area contributed by atoms with Crippen LogP contribution in [0.2, 0.25) is 5.02 Å². The van der Waals surface area contributed by atoms with E-state index in [1.54, 1.807) is 31.2 Å². The van der Waals surface area contributed by atoms with E-state index in [2.05, 4.69) is 4.72 Å². The van der Waals surface area contributed by atoms with E-state index in [0.717, 1.165) is 12.1 Å². The van der Waals surface area contributed by atoms with Crippen LogP contribution >= 0.6 is 11.6 Å². The van der Waals surface area contributed by atoms with Gasteiger partial charge in [-0.3, -0.25) is 0 Å². The van der Waals surface area contributed by atoms with Gasteiger partial charge < -0.3 is 9.47 Å². The summed E-state index contributed by atoms with van der Waals surface area (Å²) in [6, 6.07) is 8.18. The van der Waals surface area contributed by atoms with Crippen molar-refractivity contribution >= 4 is 21.6 Å². The number of hydrogen-bond donors (Lipinski definition) is 1. The maximum absolute atomic E-state index is 14.2. The molecule has 0 heterocycles. The second-order valence-corrected chi connectivity index (χ2v) is 7.15. The third-order valence-corrected chi connectivity index (χ3v) is 5.24. The van der Waals surface area contributed by atoms with Gasteiger partial charge in [-0.15, -0.1) is 0 Å². The molecule has 1 atom stereocenters. The predicted octanol–water partition coefficient (Wildman–Crippen LogP) is 3.54. The average molecular weight is 374 g/mol. The monoisotopic (exact) mass is 373 g/mol. The quantitative estimate of drug-likeness (QED) is 0.841. The SMILES string of the molecule is COc1cc(F)c(S(=O)(=O)NC(C)c2ccc(Cl)cc2)cc1OC. The molecule has 24 heavy (non-hydrogen) atoms. The summed E-state index contributed by atoms with van der Waals surface area (Å²) in [5.74, 6) is -0.693. The third-order valence-electron chi connectivity index (χ3n) is 3.43. The molecule has 5 nitrogen and oxygen atoms in total. The minimum Gasteiger partial charge on any atom is -0.493 e. The van der Waals surface area contributed by atoms with Crippen LogP contribution in [0.3, 0.4) is 0 Å². The molecule has 0 bridgehead atoms. The molecule has 1 N–H and O–H groups in total. The van der Waals surface area contributed by atoms with Crippen molar-refractivity contribution < 1.29 is 22.3 Å². The molecule has 2 aromatic rings. The van der Waals surface area contributed by atoms with E-state index in [4.69, 9.17) is 21.1 Å². The Morgan fingerprint density at radius 3 is 2.17 bits per heavy atom. The molecule has 0 aliphatic carbocycles. The fraction of sp³-hybridized carbons (Fsp3) is 0.250. The number of halogens is 2. The molecule has 2 aromatic carbocycles. The molecule has 2 rings (SSSR count). The first-order valence-electron chi connectivity index (χ1n) is 6.98. The van der Waals surface area contributed by atoms with Crippen LogP contribution in [-0.2, 0) is 10.0 Å². The first-order valence-corrected chi connectivity index (χ1v) is 8.84. The molecule has 0 fully saturated rings. The molecule has 0 saturated heterocycles. The Hall–Kier alpha value is -1.83. The molecule has 8 heteroatoms. The second kappa shape index (κ2) is 7.38. The van der Waals surface area contributed by atoms with Gasteiger partial charge in [-0.05, 0) is 24.6 Å². The van der Waals surface area contributed by atoms with Gasteiger partial charge in [0.2, 0.25) is 10.0 Å². The van der Waals surface area contributed by atoms with Crippen LogP contribution in [0.4, 0.5) is 4.39 Å². The molecule has 130 valence electrons. The Bertz CT molecular complexity index is 825. The fourth-order valence-electron chi connectivity index (χ4n) is 2.16. The van der Waals surface area contributed by atoms with Gasteiger partial charge in [0.25, 0.3) is 0 Å². The van der Waals surface area contributed by atoms with Gasteiger partial charge in [0, 0.05) is 23.2 Å². The number of hydrogen-bond acceptors (Lipinski definition) is 4. The lowest BCUT2D eigenvalue weighted by molar-refractivity contribution is 0.350. The smallest absolute Gasteiger partial charge is 0.244 e. The van der Waals surface area contributed by atoms with E-state index in [9.17, 15) is 12.8 Å².